The van der Waals surface area contributed by atoms with Crippen LogP contribution in [0.1, 0.15) is 35.4 Å². The Balaban J connectivity index is 1.50. The number of nitrogens with one attached hydrogen (secondary N) is 2. The third-order valence-electron chi connectivity index (χ3n) is 6.50. The van der Waals surface area contributed by atoms with Gasteiger partial charge in [0.1, 0.15) is 23.3 Å². The molecule has 0 radical (unpaired) electrons. The molecule has 0 aliphatic carbocycles. The van der Waals surface area contributed by atoms with Gasteiger partial charge in [-0.3, -0.25) is 4.79 Å². The number of benzene rings is 3. The van der Waals surface area contributed by atoms with Crippen molar-refractivity contribution in [2.45, 2.75) is 37.3 Å². The van der Waals surface area contributed by atoms with E-state index in [4.69, 9.17) is 4.74 Å². The summed E-state index contributed by atoms with van der Waals surface area (Å²) < 4.78 is 62.1. The Hall–Kier alpha value is -3.27. The summed E-state index contributed by atoms with van der Waals surface area (Å²) in [6.45, 7) is 0.841. The van der Waals surface area contributed by atoms with Crippen LogP contribution in [0.2, 0.25) is 0 Å². The molecule has 0 aromatic heterocycles. The highest BCUT2D eigenvalue weighted by Gasteiger charge is 2.24. The van der Waals surface area contributed by atoms with Gasteiger partial charge in [-0.25, -0.2) is 17.6 Å². The van der Waals surface area contributed by atoms with Crippen LogP contribution in [0, 0.1) is 23.3 Å². The molecule has 0 saturated carbocycles. The number of amides is 1. The number of hydrogen-bond donors (Lipinski definition) is 3. The van der Waals surface area contributed by atoms with Crippen molar-refractivity contribution in [3.8, 4) is 0 Å². The number of anilines is 1. The average Bonchev–Trinajstić information content (AvgIpc) is 2.88. The van der Waals surface area contributed by atoms with Crippen molar-refractivity contribution in [2.24, 2.45) is 0 Å². The first-order valence-electron chi connectivity index (χ1n) is 12.1. The van der Waals surface area contributed by atoms with Crippen LogP contribution in [0.4, 0.5) is 23.2 Å². The van der Waals surface area contributed by atoms with E-state index in [1.807, 2.05) is 0 Å². The van der Waals surface area contributed by atoms with Crippen LogP contribution in [0.15, 0.2) is 60.7 Å². The van der Waals surface area contributed by atoms with E-state index in [0.717, 1.165) is 12.1 Å². The number of morpholine rings is 1. The first-order valence-corrected chi connectivity index (χ1v) is 12.1. The summed E-state index contributed by atoms with van der Waals surface area (Å²) >= 11 is 0. The summed E-state index contributed by atoms with van der Waals surface area (Å²) in [6.07, 6.45) is 0.387. The summed E-state index contributed by atoms with van der Waals surface area (Å²) in [5.74, 6) is -3.87. The lowest BCUT2D eigenvalue weighted by atomic mass is 9.87. The lowest BCUT2D eigenvalue weighted by Gasteiger charge is -2.29. The molecule has 5 nitrogen and oxygen atoms in total. The zero-order chi connectivity index (χ0) is 26.4. The van der Waals surface area contributed by atoms with Crippen LogP contribution >= 0.6 is 0 Å². The Morgan fingerprint density at radius 3 is 2.46 bits per heavy atom. The Morgan fingerprint density at radius 2 is 1.78 bits per heavy atom. The number of aliphatic hydroxyl groups is 1. The van der Waals surface area contributed by atoms with Crippen molar-refractivity contribution in [1.29, 1.82) is 0 Å². The fourth-order valence-electron chi connectivity index (χ4n) is 4.48. The normalized spacial score (nSPS) is 18.4. The number of halogens is 4. The fraction of sp³-hybridized carbons (Fsp3) is 0.321. The van der Waals surface area contributed by atoms with E-state index >= 15 is 0 Å². The molecule has 1 saturated heterocycles. The first-order chi connectivity index (χ1) is 17.8. The molecule has 1 aliphatic heterocycles. The quantitative estimate of drug-likeness (QED) is 0.361. The SMILES string of the molecule is O=C(C[C@@H](c1ccc(F)cc1)c1ccc(F)cc1F)Nc1cccc(F)c1CC[C@@H]1CN[C@H](CO)CO1. The average molecular weight is 517 g/mol. The van der Waals surface area contributed by atoms with Gasteiger partial charge in [-0.05, 0) is 54.3 Å². The highest BCUT2D eigenvalue weighted by atomic mass is 19.1. The number of aliphatic hydroxyl groups excluding tert-OH is 1. The van der Waals surface area contributed by atoms with Crippen molar-refractivity contribution >= 4 is 11.6 Å². The van der Waals surface area contributed by atoms with Crippen LogP contribution in [-0.4, -0.2) is 42.9 Å². The molecule has 196 valence electrons. The predicted molar refractivity (Wildman–Crippen MR) is 131 cm³/mol. The summed E-state index contributed by atoms with van der Waals surface area (Å²) in [6, 6.07) is 12.7. The minimum atomic E-state index is -0.821. The number of rotatable bonds is 9. The van der Waals surface area contributed by atoms with Gasteiger partial charge in [0, 0.05) is 36.2 Å². The third kappa shape index (κ3) is 6.94. The van der Waals surface area contributed by atoms with Gasteiger partial charge in [0.05, 0.1) is 25.4 Å². The van der Waals surface area contributed by atoms with Gasteiger partial charge in [0.25, 0.3) is 0 Å². The molecule has 1 amide bonds. The second-order valence-corrected chi connectivity index (χ2v) is 9.07. The summed E-state index contributed by atoms with van der Waals surface area (Å²) in [4.78, 5) is 13.1. The monoisotopic (exact) mass is 516 g/mol. The molecule has 0 spiro atoms. The van der Waals surface area contributed by atoms with Crippen LogP contribution < -0.4 is 10.6 Å². The molecule has 0 bridgehead atoms. The maximum Gasteiger partial charge on any atom is 0.225 e. The Morgan fingerprint density at radius 1 is 1.03 bits per heavy atom. The highest BCUT2D eigenvalue weighted by Crippen LogP contribution is 2.32. The van der Waals surface area contributed by atoms with Gasteiger partial charge in [-0.1, -0.05) is 24.3 Å². The molecule has 1 aliphatic rings. The minimum Gasteiger partial charge on any atom is -0.395 e. The summed E-state index contributed by atoms with van der Waals surface area (Å²) in [5, 5.41) is 15.1. The van der Waals surface area contributed by atoms with Crippen molar-refractivity contribution in [3.05, 3.63) is 101 Å². The topological polar surface area (TPSA) is 70.6 Å². The lowest BCUT2D eigenvalue weighted by Crippen LogP contribution is -2.48. The molecular formula is C28H28F4N2O3. The largest absolute Gasteiger partial charge is 0.395 e. The second-order valence-electron chi connectivity index (χ2n) is 9.07. The van der Waals surface area contributed by atoms with Crippen molar-refractivity contribution < 1.29 is 32.2 Å². The number of carbonyl (C=O) groups is 1. The van der Waals surface area contributed by atoms with Crippen molar-refractivity contribution in [2.75, 3.05) is 25.1 Å². The highest BCUT2D eigenvalue weighted by molar-refractivity contribution is 5.92. The molecule has 37 heavy (non-hydrogen) atoms. The first kappa shape index (κ1) is 26.8. The van der Waals surface area contributed by atoms with E-state index in [1.165, 1.54) is 42.5 Å². The van der Waals surface area contributed by atoms with E-state index in [2.05, 4.69) is 10.6 Å². The molecule has 3 aromatic rings. The molecule has 3 aromatic carbocycles. The summed E-state index contributed by atoms with van der Waals surface area (Å²) in [5.41, 5.74) is 1.17. The van der Waals surface area contributed by atoms with Crippen molar-refractivity contribution in [1.82, 2.24) is 5.32 Å². The van der Waals surface area contributed by atoms with E-state index in [-0.39, 0.29) is 30.7 Å². The lowest BCUT2D eigenvalue weighted by molar-refractivity contribution is -0.116. The maximum absolute atomic E-state index is 14.7. The molecule has 1 fully saturated rings. The van der Waals surface area contributed by atoms with E-state index in [9.17, 15) is 27.5 Å². The zero-order valence-electron chi connectivity index (χ0n) is 20.0. The third-order valence-corrected chi connectivity index (χ3v) is 6.50. The van der Waals surface area contributed by atoms with Gasteiger partial charge < -0.3 is 20.5 Å². The number of hydrogen-bond acceptors (Lipinski definition) is 4. The Labute approximate surface area is 212 Å². The van der Waals surface area contributed by atoms with Crippen molar-refractivity contribution in [3.63, 3.8) is 0 Å². The Bertz CT molecular complexity index is 1210. The number of ether oxygens (including phenoxy) is 1. The van der Waals surface area contributed by atoms with Gasteiger partial charge >= 0.3 is 0 Å². The van der Waals surface area contributed by atoms with Crippen LogP contribution in [-0.2, 0) is 16.0 Å². The molecule has 4 rings (SSSR count). The molecule has 3 N–H and O–H groups in total. The van der Waals surface area contributed by atoms with Gasteiger partial charge in [0.15, 0.2) is 0 Å². The molecule has 9 heteroatoms. The van der Waals surface area contributed by atoms with Gasteiger partial charge in [-0.15, -0.1) is 0 Å². The van der Waals surface area contributed by atoms with Crippen LogP contribution in [0.5, 0.6) is 0 Å². The standard InChI is InChI=1S/C28H28F4N2O3/c29-18-6-4-17(5-7-18)24(22-10-8-19(30)12-26(22)32)13-28(36)34-27-3-1-2-25(31)23(27)11-9-21-14-33-20(15-35)16-37-21/h1-8,10,12,20-21,24,33,35H,9,11,13-16H2,(H,34,36)/t20-,21-,24+/m1/s1. The Kier molecular flexibility index (Phi) is 8.91. The number of carbonyl (C=O) groups excluding carboxylic acids is 1. The molecule has 3 atom stereocenters. The smallest absolute Gasteiger partial charge is 0.225 e. The molecule has 0 unspecified atom stereocenters. The minimum absolute atomic E-state index is 0.0308. The predicted octanol–water partition coefficient (Wildman–Crippen LogP) is 4.69. The van der Waals surface area contributed by atoms with E-state index in [1.54, 1.807) is 6.07 Å². The van der Waals surface area contributed by atoms with E-state index < -0.39 is 35.1 Å². The van der Waals surface area contributed by atoms with Gasteiger partial charge in [-0.2, -0.15) is 0 Å². The molecule has 1 heterocycles. The second kappa shape index (κ2) is 12.3. The zero-order valence-corrected chi connectivity index (χ0v) is 20.0. The molecular weight excluding hydrogens is 488 g/mol. The van der Waals surface area contributed by atoms with Crippen LogP contribution in [0.3, 0.4) is 0 Å². The van der Waals surface area contributed by atoms with E-state index in [0.29, 0.717) is 42.8 Å². The van der Waals surface area contributed by atoms with Gasteiger partial charge in [0.2, 0.25) is 5.91 Å². The van der Waals surface area contributed by atoms with Crippen LogP contribution in [0.25, 0.3) is 0 Å². The fourth-order valence-corrected chi connectivity index (χ4v) is 4.48. The maximum atomic E-state index is 14.7. The summed E-state index contributed by atoms with van der Waals surface area (Å²) in [7, 11) is 0.